The number of H-pyrrole nitrogens is 1. The van der Waals surface area contributed by atoms with Crippen LogP contribution in [0.4, 0.5) is 4.79 Å². The number of hydrogen-bond donors (Lipinski definition) is 2. The van der Waals surface area contributed by atoms with Crippen LogP contribution in [0.25, 0.3) is 16.6 Å². The van der Waals surface area contributed by atoms with Crippen LogP contribution >= 0.6 is 0 Å². The van der Waals surface area contributed by atoms with Crippen LogP contribution in [0.1, 0.15) is 37.6 Å². The number of hydrogen-bond acceptors (Lipinski definition) is 5. The first-order valence-corrected chi connectivity index (χ1v) is 10.8. The average molecular weight is 450 g/mol. The van der Waals surface area contributed by atoms with E-state index in [-0.39, 0.29) is 17.5 Å². The van der Waals surface area contributed by atoms with Crippen molar-refractivity contribution in [3.05, 3.63) is 74.9 Å². The van der Waals surface area contributed by atoms with E-state index in [4.69, 9.17) is 4.74 Å². The van der Waals surface area contributed by atoms with Crippen molar-refractivity contribution in [3.8, 4) is 5.69 Å². The van der Waals surface area contributed by atoms with Crippen molar-refractivity contribution in [3.63, 3.8) is 0 Å². The van der Waals surface area contributed by atoms with Gasteiger partial charge >= 0.3 is 11.8 Å². The van der Waals surface area contributed by atoms with Crippen LogP contribution in [-0.4, -0.2) is 51.2 Å². The smallest absolute Gasteiger partial charge is 0.410 e. The van der Waals surface area contributed by atoms with Crippen molar-refractivity contribution in [1.29, 1.82) is 0 Å². The van der Waals surface area contributed by atoms with E-state index in [0.717, 1.165) is 4.57 Å². The number of nitrogens with zero attached hydrogens (tertiary/aromatic N) is 2. The van der Waals surface area contributed by atoms with E-state index >= 15 is 0 Å². The molecule has 9 nitrogen and oxygen atoms in total. The van der Waals surface area contributed by atoms with Crippen molar-refractivity contribution in [2.24, 2.45) is 0 Å². The number of aromatic nitrogens is 2. The van der Waals surface area contributed by atoms with Gasteiger partial charge in [-0.05, 0) is 57.5 Å². The highest BCUT2D eigenvalue weighted by Crippen LogP contribution is 2.16. The molecule has 9 heteroatoms. The second-order valence-electron chi connectivity index (χ2n) is 9.05. The molecule has 1 aliphatic heterocycles. The number of amides is 2. The lowest BCUT2D eigenvalue weighted by Gasteiger charge is -2.24. The summed E-state index contributed by atoms with van der Waals surface area (Å²) >= 11 is 0. The molecule has 1 aliphatic rings. The number of para-hydroxylation sites is 1. The van der Waals surface area contributed by atoms with Crippen LogP contribution < -0.4 is 16.6 Å². The van der Waals surface area contributed by atoms with E-state index in [1.54, 1.807) is 62.1 Å². The second-order valence-corrected chi connectivity index (χ2v) is 9.05. The van der Waals surface area contributed by atoms with Crippen LogP contribution in [0.2, 0.25) is 0 Å². The number of benzene rings is 2. The average Bonchev–Trinajstić information content (AvgIpc) is 3.21. The minimum atomic E-state index is -0.584. The number of aromatic amines is 1. The highest BCUT2D eigenvalue weighted by molar-refractivity contribution is 5.97. The van der Waals surface area contributed by atoms with Gasteiger partial charge in [0.05, 0.1) is 16.6 Å². The second kappa shape index (κ2) is 8.57. The maximum Gasteiger partial charge on any atom is 0.410 e. The Kier molecular flexibility index (Phi) is 5.80. The van der Waals surface area contributed by atoms with Gasteiger partial charge in [-0.3, -0.25) is 9.59 Å². The molecule has 0 radical (unpaired) electrons. The number of fused-ring (bicyclic) bond motifs is 1. The fraction of sp³-hybridized carbons (Fsp3) is 0.333. The van der Waals surface area contributed by atoms with Gasteiger partial charge < -0.3 is 19.9 Å². The van der Waals surface area contributed by atoms with Gasteiger partial charge in [0.1, 0.15) is 5.60 Å². The molecule has 1 atom stereocenters. The number of ether oxygens (including phenoxy) is 1. The Balaban J connectivity index is 1.51. The molecule has 1 fully saturated rings. The molecule has 1 aromatic heterocycles. The third-order valence-corrected chi connectivity index (χ3v) is 5.35. The highest BCUT2D eigenvalue weighted by Gasteiger charge is 2.30. The van der Waals surface area contributed by atoms with Gasteiger partial charge in [0.2, 0.25) is 0 Å². The predicted molar refractivity (Wildman–Crippen MR) is 124 cm³/mol. The third kappa shape index (κ3) is 4.82. The van der Waals surface area contributed by atoms with Gasteiger partial charge in [0.15, 0.2) is 0 Å². The Morgan fingerprint density at radius 2 is 1.82 bits per heavy atom. The zero-order valence-corrected chi connectivity index (χ0v) is 18.8. The molecule has 4 rings (SSSR count). The molecule has 2 heterocycles. The zero-order valence-electron chi connectivity index (χ0n) is 18.8. The summed E-state index contributed by atoms with van der Waals surface area (Å²) in [5.74, 6) is -0.346. The summed E-state index contributed by atoms with van der Waals surface area (Å²) in [6.07, 6.45) is 0.203. The van der Waals surface area contributed by atoms with E-state index in [1.165, 1.54) is 12.1 Å². The standard InChI is InChI=1S/C24H26N4O5/c1-24(2,3)33-23(32)27-12-11-16(14-27)25-20(29)15-9-10-18-19(13-15)26-22(31)28(21(18)30)17-7-5-4-6-8-17/h4-10,13,16H,11-12,14H2,1-3H3,(H,25,29)(H,26,31)/t16-/m0/s1. The molecule has 1 saturated heterocycles. The Morgan fingerprint density at radius 3 is 2.52 bits per heavy atom. The zero-order chi connectivity index (χ0) is 23.8. The lowest BCUT2D eigenvalue weighted by molar-refractivity contribution is 0.0290. The fourth-order valence-electron chi connectivity index (χ4n) is 3.81. The summed E-state index contributed by atoms with van der Waals surface area (Å²) in [5, 5.41) is 3.21. The van der Waals surface area contributed by atoms with Gasteiger partial charge in [-0.1, -0.05) is 18.2 Å². The molecule has 2 amide bonds. The number of carbonyl (C=O) groups excluding carboxylic acids is 2. The lowest BCUT2D eigenvalue weighted by Crippen LogP contribution is -2.40. The Bertz CT molecular complexity index is 1320. The monoisotopic (exact) mass is 450 g/mol. The molecule has 2 N–H and O–H groups in total. The van der Waals surface area contributed by atoms with Crippen molar-refractivity contribution >= 4 is 22.9 Å². The largest absolute Gasteiger partial charge is 0.444 e. The van der Waals surface area contributed by atoms with Gasteiger partial charge in [-0.15, -0.1) is 0 Å². The van der Waals surface area contributed by atoms with Gasteiger partial charge in [-0.25, -0.2) is 14.2 Å². The minimum Gasteiger partial charge on any atom is -0.444 e. The quantitative estimate of drug-likeness (QED) is 0.636. The maximum absolute atomic E-state index is 12.9. The van der Waals surface area contributed by atoms with E-state index in [2.05, 4.69) is 10.3 Å². The van der Waals surface area contributed by atoms with Gasteiger partial charge in [0.25, 0.3) is 11.5 Å². The summed E-state index contributed by atoms with van der Waals surface area (Å²) in [6.45, 7) is 6.26. The molecule has 0 spiro atoms. The molecule has 0 bridgehead atoms. The summed E-state index contributed by atoms with van der Waals surface area (Å²) in [5.41, 5.74) is -0.573. The summed E-state index contributed by atoms with van der Waals surface area (Å²) < 4.78 is 6.44. The molecule has 33 heavy (non-hydrogen) atoms. The van der Waals surface area contributed by atoms with Gasteiger partial charge in [0, 0.05) is 24.7 Å². The number of nitrogens with one attached hydrogen (secondary N) is 2. The molecule has 0 aliphatic carbocycles. The molecule has 0 unspecified atom stereocenters. The van der Waals surface area contributed by atoms with Crippen molar-refractivity contribution in [1.82, 2.24) is 19.8 Å². The van der Waals surface area contributed by atoms with E-state index < -0.39 is 22.9 Å². The Hall–Kier alpha value is -3.88. The molecule has 3 aromatic rings. The Morgan fingerprint density at radius 1 is 1.09 bits per heavy atom. The normalized spacial score (nSPS) is 16.1. The third-order valence-electron chi connectivity index (χ3n) is 5.35. The SMILES string of the molecule is CC(C)(C)OC(=O)N1CC[C@H](NC(=O)c2ccc3c(=O)n(-c4ccccc4)c(=O)[nH]c3c2)C1. The first-order valence-electron chi connectivity index (χ1n) is 10.8. The lowest BCUT2D eigenvalue weighted by atomic mass is 10.1. The van der Waals surface area contributed by atoms with Crippen LogP contribution in [0.5, 0.6) is 0 Å². The van der Waals surface area contributed by atoms with E-state index in [0.29, 0.717) is 36.1 Å². The summed E-state index contributed by atoms with van der Waals surface area (Å²) in [4.78, 5) is 54.7. The van der Waals surface area contributed by atoms with Crippen LogP contribution in [-0.2, 0) is 4.74 Å². The molecule has 2 aromatic carbocycles. The van der Waals surface area contributed by atoms with Crippen LogP contribution in [0.15, 0.2) is 58.1 Å². The molecular formula is C24H26N4O5. The predicted octanol–water partition coefficient (Wildman–Crippen LogP) is 2.42. The molecule has 172 valence electrons. The summed E-state index contributed by atoms with van der Waals surface area (Å²) in [6, 6.07) is 13.0. The first kappa shape index (κ1) is 22.3. The van der Waals surface area contributed by atoms with Crippen LogP contribution in [0, 0.1) is 0 Å². The van der Waals surface area contributed by atoms with E-state index in [9.17, 15) is 19.2 Å². The van der Waals surface area contributed by atoms with Crippen molar-refractivity contribution < 1.29 is 14.3 Å². The number of rotatable bonds is 3. The fourth-order valence-corrected chi connectivity index (χ4v) is 3.81. The number of likely N-dealkylation sites (tertiary alicyclic amines) is 1. The maximum atomic E-state index is 12.9. The van der Waals surface area contributed by atoms with Crippen LogP contribution in [0.3, 0.4) is 0 Å². The van der Waals surface area contributed by atoms with Crippen molar-refractivity contribution in [2.75, 3.05) is 13.1 Å². The summed E-state index contributed by atoms with van der Waals surface area (Å²) in [7, 11) is 0. The Labute approximate surface area is 190 Å². The minimum absolute atomic E-state index is 0.217. The topological polar surface area (TPSA) is 114 Å². The highest BCUT2D eigenvalue weighted by atomic mass is 16.6. The first-order chi connectivity index (χ1) is 15.6. The van der Waals surface area contributed by atoms with E-state index in [1.807, 2.05) is 0 Å². The molecule has 0 saturated carbocycles. The van der Waals surface area contributed by atoms with Crippen molar-refractivity contribution in [2.45, 2.75) is 38.8 Å². The number of carbonyl (C=O) groups is 2. The molecular weight excluding hydrogens is 424 g/mol. The van der Waals surface area contributed by atoms with Gasteiger partial charge in [-0.2, -0.15) is 0 Å².